The first-order valence-corrected chi connectivity index (χ1v) is 13.4. The summed E-state index contributed by atoms with van der Waals surface area (Å²) < 4.78 is 11.2. The summed E-state index contributed by atoms with van der Waals surface area (Å²) >= 11 is 0. The number of esters is 1. The van der Waals surface area contributed by atoms with Crippen molar-refractivity contribution >= 4 is 5.97 Å². The van der Waals surface area contributed by atoms with Crippen LogP contribution in [-0.4, -0.2) is 37.0 Å². The van der Waals surface area contributed by atoms with Gasteiger partial charge in [-0.2, -0.15) is 0 Å². The zero-order valence-electron chi connectivity index (χ0n) is 21.0. The fourth-order valence-electron chi connectivity index (χ4n) is 6.04. The number of hydrogen-bond donors (Lipinski definition) is 1. The lowest BCUT2D eigenvalue weighted by molar-refractivity contribution is -0.138. The van der Waals surface area contributed by atoms with Crippen molar-refractivity contribution in [1.82, 2.24) is 0 Å². The molecule has 0 amide bonds. The molecule has 4 nitrogen and oxygen atoms in total. The maximum atomic E-state index is 11.7. The van der Waals surface area contributed by atoms with E-state index in [4.69, 9.17) is 14.6 Å². The Morgan fingerprint density at radius 3 is 2.33 bits per heavy atom. The second-order valence-electron chi connectivity index (χ2n) is 10.8. The largest absolute Gasteiger partial charge is 0.462 e. The van der Waals surface area contributed by atoms with Crippen LogP contribution in [0, 0.1) is 23.7 Å². The Morgan fingerprint density at radius 2 is 1.70 bits per heavy atom. The minimum Gasteiger partial charge on any atom is -0.462 e. The first kappa shape index (κ1) is 26.2. The molecule has 0 bridgehead atoms. The van der Waals surface area contributed by atoms with Crippen LogP contribution in [0.1, 0.15) is 90.9 Å². The smallest absolute Gasteiger partial charge is 0.333 e. The minimum absolute atomic E-state index is 0.0214. The molecule has 0 spiro atoms. The normalized spacial score (nSPS) is 30.3. The molecule has 33 heavy (non-hydrogen) atoms. The summed E-state index contributed by atoms with van der Waals surface area (Å²) in [6.07, 6.45) is 20.0. The van der Waals surface area contributed by atoms with Crippen LogP contribution in [0.15, 0.2) is 35.5 Å². The van der Waals surface area contributed by atoms with E-state index in [1.54, 1.807) is 6.92 Å². The van der Waals surface area contributed by atoms with E-state index in [9.17, 15) is 4.79 Å². The van der Waals surface area contributed by atoms with Gasteiger partial charge >= 0.3 is 5.97 Å². The molecule has 3 rings (SSSR count). The van der Waals surface area contributed by atoms with Gasteiger partial charge in [0.2, 0.25) is 0 Å². The molecule has 3 aliphatic carbocycles. The minimum atomic E-state index is -0.339. The topological polar surface area (TPSA) is 55.8 Å². The molecule has 1 atom stereocenters. The molecule has 0 aromatic heterocycles. The summed E-state index contributed by atoms with van der Waals surface area (Å²) in [5, 5.41) is 9.15. The number of carbonyl (C=O) groups excluding carboxylic acids is 1. The standard InChI is InChI=1S/C29H46O4/c1-21(2)29(31)33-18-16-27-20-24(10-15-28(27)32-19-17-30)7-6-23-8-13-26(14-9-23)25-11-4-22(3)5-12-25/h10,20,22-23,25-26,28,30H,1,4-9,11-19H2,2-3H3. The van der Waals surface area contributed by atoms with Gasteiger partial charge in [-0.1, -0.05) is 56.9 Å². The van der Waals surface area contributed by atoms with Crippen molar-refractivity contribution < 1.29 is 19.4 Å². The van der Waals surface area contributed by atoms with Gasteiger partial charge in [-0.05, 0) is 81.1 Å². The Labute approximate surface area is 201 Å². The molecule has 186 valence electrons. The van der Waals surface area contributed by atoms with Crippen LogP contribution in [0.25, 0.3) is 0 Å². The molecule has 3 aliphatic rings. The van der Waals surface area contributed by atoms with E-state index < -0.39 is 0 Å². The van der Waals surface area contributed by atoms with Crippen LogP contribution in [0.4, 0.5) is 0 Å². The van der Waals surface area contributed by atoms with Crippen molar-refractivity contribution in [3.8, 4) is 0 Å². The Balaban J connectivity index is 1.44. The van der Waals surface area contributed by atoms with Gasteiger partial charge in [0.15, 0.2) is 0 Å². The predicted molar refractivity (Wildman–Crippen MR) is 134 cm³/mol. The zero-order chi connectivity index (χ0) is 23.6. The fraction of sp³-hybridized carbons (Fsp3) is 0.759. The molecule has 2 saturated carbocycles. The van der Waals surface area contributed by atoms with E-state index in [-0.39, 0.29) is 18.7 Å². The van der Waals surface area contributed by atoms with E-state index in [1.807, 2.05) is 0 Å². The number of allylic oxidation sites excluding steroid dienone is 2. The number of hydrogen-bond acceptors (Lipinski definition) is 4. The zero-order valence-corrected chi connectivity index (χ0v) is 21.0. The van der Waals surface area contributed by atoms with Gasteiger partial charge in [0, 0.05) is 12.0 Å². The summed E-state index contributed by atoms with van der Waals surface area (Å²) in [6.45, 7) is 8.42. The maximum absolute atomic E-state index is 11.7. The van der Waals surface area contributed by atoms with E-state index in [2.05, 4.69) is 25.7 Å². The third-order valence-electron chi connectivity index (χ3n) is 8.22. The molecule has 0 saturated heterocycles. The fourth-order valence-corrected chi connectivity index (χ4v) is 6.04. The third kappa shape index (κ3) is 8.40. The van der Waals surface area contributed by atoms with Crippen molar-refractivity contribution in [1.29, 1.82) is 0 Å². The lowest BCUT2D eigenvalue weighted by Crippen LogP contribution is -2.25. The summed E-state index contributed by atoms with van der Waals surface area (Å²) in [7, 11) is 0. The average molecular weight is 459 g/mol. The van der Waals surface area contributed by atoms with E-state index in [0.29, 0.717) is 25.2 Å². The monoisotopic (exact) mass is 458 g/mol. The van der Waals surface area contributed by atoms with Gasteiger partial charge < -0.3 is 14.6 Å². The van der Waals surface area contributed by atoms with Crippen LogP contribution in [0.3, 0.4) is 0 Å². The number of carbonyl (C=O) groups is 1. The maximum Gasteiger partial charge on any atom is 0.333 e. The second kappa shape index (κ2) is 13.5. The van der Waals surface area contributed by atoms with Crippen molar-refractivity contribution in [3.05, 3.63) is 35.5 Å². The highest BCUT2D eigenvalue weighted by Gasteiger charge is 2.30. The molecule has 0 aliphatic heterocycles. The molecule has 0 radical (unpaired) electrons. The molecule has 1 unspecified atom stereocenters. The highest BCUT2D eigenvalue weighted by Crippen LogP contribution is 2.42. The first-order chi connectivity index (χ1) is 16.0. The van der Waals surface area contributed by atoms with E-state index in [1.165, 1.54) is 68.9 Å². The van der Waals surface area contributed by atoms with Crippen molar-refractivity contribution in [2.45, 2.75) is 97.0 Å². The Bertz CT molecular complexity index is 690. The molecular formula is C29H46O4. The Hall–Kier alpha value is -1.39. The number of aliphatic hydroxyl groups is 1. The van der Waals surface area contributed by atoms with Gasteiger partial charge in [0.1, 0.15) is 0 Å². The van der Waals surface area contributed by atoms with Gasteiger partial charge in [0.05, 0.1) is 25.9 Å². The SMILES string of the molecule is C=C(C)C(=O)OCCC1=CC(CCC2CCC(C3CCC(C)CC3)CC2)=CCC1OCCO. The lowest BCUT2D eigenvalue weighted by atomic mass is 9.69. The number of aliphatic hydroxyl groups excluding tert-OH is 1. The molecule has 4 heteroatoms. The number of ether oxygens (including phenoxy) is 2. The van der Waals surface area contributed by atoms with E-state index >= 15 is 0 Å². The van der Waals surface area contributed by atoms with Crippen LogP contribution >= 0.6 is 0 Å². The summed E-state index contributed by atoms with van der Waals surface area (Å²) in [5.74, 6) is 3.46. The van der Waals surface area contributed by atoms with Gasteiger partial charge in [-0.3, -0.25) is 0 Å². The van der Waals surface area contributed by atoms with Crippen LogP contribution in [0.5, 0.6) is 0 Å². The highest BCUT2D eigenvalue weighted by atomic mass is 16.5. The quantitative estimate of drug-likeness (QED) is 0.282. The number of rotatable bonds is 11. The molecule has 0 aromatic carbocycles. The van der Waals surface area contributed by atoms with Crippen molar-refractivity contribution in [2.24, 2.45) is 23.7 Å². The molecular weight excluding hydrogens is 412 g/mol. The predicted octanol–water partition coefficient (Wildman–Crippen LogP) is 6.54. The second-order valence-corrected chi connectivity index (χ2v) is 10.8. The van der Waals surface area contributed by atoms with Crippen molar-refractivity contribution in [2.75, 3.05) is 19.8 Å². The van der Waals surface area contributed by atoms with Gasteiger partial charge in [0.25, 0.3) is 0 Å². The van der Waals surface area contributed by atoms with Crippen LogP contribution < -0.4 is 0 Å². The summed E-state index contributed by atoms with van der Waals surface area (Å²) in [6, 6.07) is 0. The summed E-state index contributed by atoms with van der Waals surface area (Å²) in [4.78, 5) is 11.7. The first-order valence-electron chi connectivity index (χ1n) is 13.4. The van der Waals surface area contributed by atoms with Crippen molar-refractivity contribution in [3.63, 3.8) is 0 Å². The molecule has 0 heterocycles. The van der Waals surface area contributed by atoms with Crippen LogP contribution in [0.2, 0.25) is 0 Å². The lowest BCUT2D eigenvalue weighted by Gasteiger charge is -2.37. The molecule has 0 aromatic rings. The highest BCUT2D eigenvalue weighted by molar-refractivity contribution is 5.86. The third-order valence-corrected chi connectivity index (χ3v) is 8.22. The average Bonchev–Trinajstić information content (AvgIpc) is 2.83. The van der Waals surface area contributed by atoms with Crippen LogP contribution in [-0.2, 0) is 14.3 Å². The molecule has 2 fully saturated rings. The van der Waals surface area contributed by atoms with Gasteiger partial charge in [-0.25, -0.2) is 4.79 Å². The summed E-state index contributed by atoms with van der Waals surface area (Å²) in [5.41, 5.74) is 2.99. The molecule has 1 N–H and O–H groups in total. The Kier molecular flexibility index (Phi) is 10.7. The van der Waals surface area contributed by atoms with Gasteiger partial charge in [-0.15, -0.1) is 0 Å². The van der Waals surface area contributed by atoms with E-state index in [0.717, 1.165) is 36.5 Å². The Morgan fingerprint density at radius 1 is 1.03 bits per heavy atom.